The lowest BCUT2D eigenvalue weighted by atomic mass is 10.0. The Labute approximate surface area is 99.6 Å². The Hall–Kier alpha value is -1.06. The van der Waals surface area contributed by atoms with Crippen molar-refractivity contribution >= 4 is 22.7 Å². The van der Waals surface area contributed by atoms with Crippen LogP contribution in [0.3, 0.4) is 0 Å². The van der Waals surface area contributed by atoms with E-state index in [-0.39, 0.29) is 6.04 Å². The first-order chi connectivity index (χ1) is 7.58. The smallest absolute Gasteiger partial charge is 0.212 e. The van der Waals surface area contributed by atoms with E-state index < -0.39 is 0 Å². The average molecular weight is 239 g/mol. The van der Waals surface area contributed by atoms with Crippen LogP contribution < -0.4 is 5.73 Å². The predicted octanol–water partition coefficient (Wildman–Crippen LogP) is 3.53. The third-order valence-corrected chi connectivity index (χ3v) is 2.72. The third kappa shape index (κ3) is 2.20. The number of rotatable bonds is 3. The van der Waals surface area contributed by atoms with Crippen molar-refractivity contribution in [2.24, 2.45) is 11.7 Å². The van der Waals surface area contributed by atoms with E-state index in [0.717, 1.165) is 11.9 Å². The molecule has 0 saturated heterocycles. The van der Waals surface area contributed by atoms with E-state index in [1.165, 1.54) is 0 Å². The molecule has 3 nitrogen and oxygen atoms in total. The van der Waals surface area contributed by atoms with Crippen LogP contribution in [0.4, 0.5) is 0 Å². The van der Waals surface area contributed by atoms with E-state index in [2.05, 4.69) is 18.8 Å². The minimum Gasteiger partial charge on any atom is -0.437 e. The summed E-state index contributed by atoms with van der Waals surface area (Å²) < 4.78 is 5.59. The van der Waals surface area contributed by atoms with E-state index in [1.807, 2.05) is 12.1 Å². The van der Waals surface area contributed by atoms with Crippen LogP contribution in [0.5, 0.6) is 0 Å². The second-order valence-electron chi connectivity index (χ2n) is 4.38. The molecule has 1 unspecified atom stereocenters. The van der Waals surface area contributed by atoms with Crippen molar-refractivity contribution in [3.63, 3.8) is 0 Å². The summed E-state index contributed by atoms with van der Waals surface area (Å²) in [5.41, 5.74) is 7.40. The highest BCUT2D eigenvalue weighted by atomic mass is 35.5. The van der Waals surface area contributed by atoms with Gasteiger partial charge in [-0.2, -0.15) is 0 Å². The molecule has 2 rings (SSSR count). The van der Waals surface area contributed by atoms with Gasteiger partial charge in [0.1, 0.15) is 5.52 Å². The highest BCUT2D eigenvalue weighted by Crippen LogP contribution is 2.27. The highest BCUT2D eigenvalue weighted by Gasteiger charge is 2.16. The molecule has 86 valence electrons. The Morgan fingerprint density at radius 3 is 2.81 bits per heavy atom. The van der Waals surface area contributed by atoms with E-state index in [9.17, 15) is 0 Å². The summed E-state index contributed by atoms with van der Waals surface area (Å²) in [6, 6.07) is 5.34. The van der Waals surface area contributed by atoms with Crippen molar-refractivity contribution in [3.05, 3.63) is 29.1 Å². The maximum atomic E-state index is 6.01. The fourth-order valence-corrected chi connectivity index (χ4v) is 1.91. The standard InChI is InChI=1S/C12H15ClN2O/c1-7(2)6-9(14)12-15-10-5-3-4-8(13)11(10)16-12/h3-5,7,9H,6,14H2,1-2H3. The number of benzene rings is 1. The van der Waals surface area contributed by atoms with E-state index in [1.54, 1.807) is 6.07 Å². The lowest BCUT2D eigenvalue weighted by Gasteiger charge is -2.09. The molecule has 0 radical (unpaired) electrons. The van der Waals surface area contributed by atoms with E-state index in [4.69, 9.17) is 21.8 Å². The minimum absolute atomic E-state index is 0.163. The Bertz CT molecular complexity index is 493. The van der Waals surface area contributed by atoms with Crippen molar-refractivity contribution < 1.29 is 4.42 Å². The first-order valence-corrected chi connectivity index (χ1v) is 5.76. The second kappa shape index (κ2) is 4.44. The fraction of sp³-hybridized carbons (Fsp3) is 0.417. The summed E-state index contributed by atoms with van der Waals surface area (Å²) >= 11 is 6.01. The van der Waals surface area contributed by atoms with Gasteiger partial charge in [0, 0.05) is 0 Å². The first kappa shape index (κ1) is 11.4. The SMILES string of the molecule is CC(C)CC(N)c1nc2cccc(Cl)c2o1. The molecule has 16 heavy (non-hydrogen) atoms. The monoisotopic (exact) mass is 238 g/mol. The van der Waals surface area contributed by atoms with Crippen LogP contribution in [-0.4, -0.2) is 4.98 Å². The Morgan fingerprint density at radius 1 is 1.44 bits per heavy atom. The number of hydrogen-bond acceptors (Lipinski definition) is 3. The number of hydrogen-bond donors (Lipinski definition) is 1. The molecule has 2 aromatic rings. The van der Waals surface area contributed by atoms with Crippen LogP contribution in [0.25, 0.3) is 11.1 Å². The zero-order valence-electron chi connectivity index (χ0n) is 9.40. The van der Waals surface area contributed by atoms with Gasteiger partial charge in [0.2, 0.25) is 5.89 Å². The number of aromatic nitrogens is 1. The van der Waals surface area contributed by atoms with Gasteiger partial charge in [-0.15, -0.1) is 0 Å². The molecule has 0 amide bonds. The van der Waals surface area contributed by atoms with Crippen LogP contribution in [-0.2, 0) is 0 Å². The molecule has 1 atom stereocenters. The molecule has 1 aromatic heterocycles. The molecule has 0 aliphatic heterocycles. The largest absolute Gasteiger partial charge is 0.437 e. The number of oxazole rings is 1. The lowest BCUT2D eigenvalue weighted by molar-refractivity contribution is 0.417. The number of halogens is 1. The molecular formula is C12H15ClN2O. The van der Waals surface area contributed by atoms with Crippen molar-refractivity contribution in [2.45, 2.75) is 26.3 Å². The van der Waals surface area contributed by atoms with Crippen LogP contribution in [0.15, 0.2) is 22.6 Å². The molecule has 0 aliphatic carbocycles. The van der Waals surface area contributed by atoms with E-state index in [0.29, 0.717) is 22.4 Å². The van der Waals surface area contributed by atoms with Crippen molar-refractivity contribution in [3.8, 4) is 0 Å². The number of nitrogens with two attached hydrogens (primary N) is 1. The van der Waals surface area contributed by atoms with Crippen LogP contribution in [0.2, 0.25) is 5.02 Å². The molecule has 0 saturated carbocycles. The van der Waals surface area contributed by atoms with Gasteiger partial charge in [0.25, 0.3) is 0 Å². The Morgan fingerprint density at radius 2 is 2.19 bits per heavy atom. The van der Waals surface area contributed by atoms with Gasteiger partial charge in [-0.3, -0.25) is 0 Å². The number of nitrogens with zero attached hydrogens (tertiary/aromatic N) is 1. The maximum absolute atomic E-state index is 6.01. The maximum Gasteiger partial charge on any atom is 0.212 e. The third-order valence-electron chi connectivity index (χ3n) is 2.43. The zero-order valence-corrected chi connectivity index (χ0v) is 10.2. The average Bonchev–Trinajstić information content (AvgIpc) is 2.61. The van der Waals surface area contributed by atoms with Gasteiger partial charge in [-0.1, -0.05) is 31.5 Å². The van der Waals surface area contributed by atoms with Crippen LogP contribution >= 0.6 is 11.6 Å². The number of fused-ring (bicyclic) bond motifs is 1. The van der Waals surface area contributed by atoms with Gasteiger partial charge in [-0.05, 0) is 24.5 Å². The normalized spacial score (nSPS) is 13.6. The molecule has 1 aromatic carbocycles. The topological polar surface area (TPSA) is 52.0 Å². The second-order valence-corrected chi connectivity index (χ2v) is 4.78. The summed E-state index contributed by atoms with van der Waals surface area (Å²) in [4.78, 5) is 4.35. The zero-order chi connectivity index (χ0) is 11.7. The van der Waals surface area contributed by atoms with Crippen molar-refractivity contribution in [2.75, 3.05) is 0 Å². The van der Waals surface area contributed by atoms with Crippen LogP contribution in [0.1, 0.15) is 32.2 Å². The predicted molar refractivity (Wildman–Crippen MR) is 65.4 cm³/mol. The van der Waals surface area contributed by atoms with Crippen molar-refractivity contribution in [1.29, 1.82) is 0 Å². The highest BCUT2D eigenvalue weighted by molar-refractivity contribution is 6.34. The van der Waals surface area contributed by atoms with Gasteiger partial charge < -0.3 is 10.2 Å². The summed E-state index contributed by atoms with van der Waals surface area (Å²) in [7, 11) is 0. The number of para-hydroxylation sites is 1. The molecule has 4 heteroatoms. The van der Waals surface area contributed by atoms with Gasteiger partial charge >= 0.3 is 0 Å². The summed E-state index contributed by atoms with van der Waals surface area (Å²) in [5, 5.41) is 0.577. The molecule has 2 N–H and O–H groups in total. The lowest BCUT2D eigenvalue weighted by Crippen LogP contribution is -2.13. The Balaban J connectivity index is 2.36. The fourth-order valence-electron chi connectivity index (χ4n) is 1.70. The van der Waals surface area contributed by atoms with Gasteiger partial charge in [0.05, 0.1) is 11.1 Å². The van der Waals surface area contributed by atoms with Gasteiger partial charge in [-0.25, -0.2) is 4.98 Å². The molecule has 0 aliphatic rings. The quantitative estimate of drug-likeness (QED) is 0.890. The first-order valence-electron chi connectivity index (χ1n) is 5.38. The Kier molecular flexibility index (Phi) is 3.17. The van der Waals surface area contributed by atoms with Crippen molar-refractivity contribution in [1.82, 2.24) is 4.98 Å². The van der Waals surface area contributed by atoms with Crippen LogP contribution in [0, 0.1) is 5.92 Å². The molecular weight excluding hydrogens is 224 g/mol. The summed E-state index contributed by atoms with van der Waals surface area (Å²) in [6.07, 6.45) is 0.852. The minimum atomic E-state index is -0.163. The summed E-state index contributed by atoms with van der Waals surface area (Å²) in [5.74, 6) is 1.08. The molecule has 0 spiro atoms. The van der Waals surface area contributed by atoms with Gasteiger partial charge in [0.15, 0.2) is 5.58 Å². The molecule has 0 fully saturated rings. The summed E-state index contributed by atoms with van der Waals surface area (Å²) in [6.45, 7) is 4.24. The molecule has 1 heterocycles. The molecule has 0 bridgehead atoms. The van der Waals surface area contributed by atoms with E-state index >= 15 is 0 Å².